The summed E-state index contributed by atoms with van der Waals surface area (Å²) < 4.78 is 4.63. The van der Waals surface area contributed by atoms with Gasteiger partial charge in [-0.2, -0.15) is 0 Å². The van der Waals surface area contributed by atoms with Gasteiger partial charge in [-0.1, -0.05) is 26.0 Å². The van der Waals surface area contributed by atoms with Crippen molar-refractivity contribution in [2.24, 2.45) is 0 Å². The van der Waals surface area contributed by atoms with E-state index in [0.29, 0.717) is 24.7 Å². The molecule has 0 bridgehead atoms. The number of nitrogens with one attached hydrogen (secondary N) is 2. The maximum absolute atomic E-state index is 11.7. The summed E-state index contributed by atoms with van der Waals surface area (Å²) in [5.41, 5.74) is 1.45. The Kier molecular flexibility index (Phi) is 7.46. The van der Waals surface area contributed by atoms with Gasteiger partial charge in [-0.25, -0.2) is 4.79 Å². The maximum atomic E-state index is 11.7. The van der Waals surface area contributed by atoms with Crippen LogP contribution in [0.25, 0.3) is 0 Å². The number of amides is 1. The molecule has 1 aromatic carbocycles. The smallest absolute Gasteiger partial charge is 0.337 e. The summed E-state index contributed by atoms with van der Waals surface area (Å²) in [6, 6.07) is 7.38. The van der Waals surface area contributed by atoms with Crippen LogP contribution in [-0.2, 0) is 16.1 Å². The molecule has 0 heterocycles. The van der Waals surface area contributed by atoms with Crippen LogP contribution in [0.5, 0.6) is 0 Å². The third kappa shape index (κ3) is 5.95. The summed E-state index contributed by atoms with van der Waals surface area (Å²) in [7, 11) is 1.35. The number of ether oxygens (including phenoxy) is 1. The Morgan fingerprint density at radius 1 is 1.14 bits per heavy atom. The number of esters is 1. The molecule has 0 spiro atoms. The summed E-state index contributed by atoms with van der Waals surface area (Å²) in [5, 5.41) is 6.06. The average molecular weight is 292 g/mol. The second kappa shape index (κ2) is 9.13. The Labute approximate surface area is 126 Å². The number of rotatable bonds is 8. The number of carbonyl (C=O) groups excluding carboxylic acids is 2. The summed E-state index contributed by atoms with van der Waals surface area (Å²) >= 11 is 0. The zero-order chi connectivity index (χ0) is 15.7. The molecule has 0 radical (unpaired) electrons. The molecule has 0 aliphatic carbocycles. The number of carbonyl (C=O) groups is 2. The molecule has 0 aliphatic rings. The van der Waals surface area contributed by atoms with Gasteiger partial charge in [0.05, 0.1) is 19.2 Å². The highest BCUT2D eigenvalue weighted by atomic mass is 16.5. The molecule has 21 heavy (non-hydrogen) atoms. The molecule has 0 unspecified atom stereocenters. The van der Waals surface area contributed by atoms with Gasteiger partial charge in [0.25, 0.3) is 0 Å². The first-order chi connectivity index (χ1) is 10.1. The van der Waals surface area contributed by atoms with Crippen molar-refractivity contribution < 1.29 is 14.3 Å². The monoisotopic (exact) mass is 292 g/mol. The molecule has 116 valence electrons. The number of hydrogen-bond donors (Lipinski definition) is 2. The van der Waals surface area contributed by atoms with Crippen LogP contribution in [0.1, 0.15) is 42.6 Å². The highest BCUT2D eigenvalue weighted by molar-refractivity contribution is 5.89. The van der Waals surface area contributed by atoms with E-state index in [-0.39, 0.29) is 11.9 Å². The lowest BCUT2D eigenvalue weighted by molar-refractivity contribution is -0.120. The number of benzene rings is 1. The van der Waals surface area contributed by atoms with E-state index in [1.54, 1.807) is 24.3 Å². The van der Waals surface area contributed by atoms with Crippen LogP contribution < -0.4 is 10.6 Å². The van der Waals surface area contributed by atoms with Gasteiger partial charge in [-0.15, -0.1) is 0 Å². The van der Waals surface area contributed by atoms with Gasteiger partial charge in [0, 0.05) is 12.6 Å². The molecule has 0 saturated heterocycles. The fraction of sp³-hybridized carbons (Fsp3) is 0.500. The first-order valence-corrected chi connectivity index (χ1v) is 7.28. The molecule has 5 nitrogen and oxygen atoms in total. The Balaban J connectivity index is 2.37. The van der Waals surface area contributed by atoms with Crippen molar-refractivity contribution in [3.8, 4) is 0 Å². The molecule has 5 heteroatoms. The third-order valence-electron chi connectivity index (χ3n) is 3.40. The zero-order valence-electron chi connectivity index (χ0n) is 12.9. The van der Waals surface area contributed by atoms with E-state index in [0.717, 1.165) is 18.4 Å². The summed E-state index contributed by atoms with van der Waals surface area (Å²) in [6.07, 6.45) is 2.03. The van der Waals surface area contributed by atoms with Crippen LogP contribution in [0.15, 0.2) is 24.3 Å². The summed E-state index contributed by atoms with van der Waals surface area (Å²) in [4.78, 5) is 23.0. The lowest BCUT2D eigenvalue weighted by atomic mass is 10.1. The molecule has 0 aliphatic heterocycles. The SMILES string of the molecule is CCC(CC)NCC(=O)NCc1ccc(C(=O)OC)cc1. The van der Waals surface area contributed by atoms with E-state index < -0.39 is 0 Å². The molecule has 1 rings (SSSR count). The van der Waals surface area contributed by atoms with Crippen LogP contribution in [-0.4, -0.2) is 31.6 Å². The van der Waals surface area contributed by atoms with Gasteiger partial charge in [0.1, 0.15) is 0 Å². The molecule has 0 saturated carbocycles. The van der Waals surface area contributed by atoms with E-state index in [4.69, 9.17) is 0 Å². The fourth-order valence-electron chi connectivity index (χ4n) is 1.95. The quantitative estimate of drug-likeness (QED) is 0.718. The van der Waals surface area contributed by atoms with Gasteiger partial charge in [0.2, 0.25) is 5.91 Å². The topological polar surface area (TPSA) is 67.4 Å². The Morgan fingerprint density at radius 2 is 1.76 bits per heavy atom. The van der Waals surface area contributed by atoms with Crippen LogP contribution in [0.2, 0.25) is 0 Å². The van der Waals surface area contributed by atoms with Gasteiger partial charge in [-0.3, -0.25) is 4.79 Å². The maximum Gasteiger partial charge on any atom is 0.337 e. The van der Waals surface area contributed by atoms with Gasteiger partial charge < -0.3 is 15.4 Å². The minimum atomic E-state index is -0.361. The molecule has 1 amide bonds. The molecule has 1 aromatic rings. The molecule has 0 fully saturated rings. The van der Waals surface area contributed by atoms with Gasteiger partial charge in [0.15, 0.2) is 0 Å². The predicted molar refractivity (Wildman–Crippen MR) is 82.0 cm³/mol. The first-order valence-electron chi connectivity index (χ1n) is 7.28. The van der Waals surface area contributed by atoms with Crippen molar-refractivity contribution >= 4 is 11.9 Å². The lowest BCUT2D eigenvalue weighted by Crippen LogP contribution is -2.38. The van der Waals surface area contributed by atoms with Crippen LogP contribution in [0.4, 0.5) is 0 Å². The third-order valence-corrected chi connectivity index (χ3v) is 3.40. The van der Waals surface area contributed by atoms with E-state index in [9.17, 15) is 9.59 Å². The zero-order valence-corrected chi connectivity index (χ0v) is 12.9. The molecular weight excluding hydrogens is 268 g/mol. The van der Waals surface area contributed by atoms with Crippen LogP contribution in [0.3, 0.4) is 0 Å². The Hall–Kier alpha value is -1.88. The van der Waals surface area contributed by atoms with Crippen molar-refractivity contribution in [2.75, 3.05) is 13.7 Å². The summed E-state index contributed by atoms with van der Waals surface area (Å²) in [5.74, 6) is -0.390. The van der Waals surface area contributed by atoms with Gasteiger partial charge >= 0.3 is 5.97 Å². The normalized spacial score (nSPS) is 10.5. The lowest BCUT2D eigenvalue weighted by Gasteiger charge is -2.14. The van der Waals surface area contributed by atoms with Gasteiger partial charge in [-0.05, 0) is 30.5 Å². The second-order valence-electron chi connectivity index (χ2n) is 4.86. The molecule has 0 atom stereocenters. The largest absolute Gasteiger partial charge is 0.465 e. The standard InChI is InChI=1S/C16H24N2O3/c1-4-14(5-2)17-11-15(19)18-10-12-6-8-13(9-7-12)16(20)21-3/h6-9,14,17H,4-5,10-11H2,1-3H3,(H,18,19). The van der Waals surface area contributed by atoms with Crippen molar-refractivity contribution in [3.63, 3.8) is 0 Å². The van der Waals surface area contributed by atoms with E-state index in [2.05, 4.69) is 29.2 Å². The van der Waals surface area contributed by atoms with Crippen LogP contribution >= 0.6 is 0 Å². The highest BCUT2D eigenvalue weighted by Crippen LogP contribution is 2.05. The fourth-order valence-corrected chi connectivity index (χ4v) is 1.95. The number of methoxy groups -OCH3 is 1. The molecule has 0 aromatic heterocycles. The molecule has 2 N–H and O–H groups in total. The molecular formula is C16H24N2O3. The van der Waals surface area contributed by atoms with Crippen molar-refractivity contribution in [1.29, 1.82) is 0 Å². The highest BCUT2D eigenvalue weighted by Gasteiger charge is 2.07. The first kappa shape index (κ1) is 17.2. The predicted octanol–water partition coefficient (Wildman–Crippen LogP) is 1.87. The van der Waals surface area contributed by atoms with Crippen molar-refractivity contribution in [3.05, 3.63) is 35.4 Å². The van der Waals surface area contributed by atoms with Crippen molar-refractivity contribution in [2.45, 2.75) is 39.3 Å². The van der Waals surface area contributed by atoms with E-state index in [1.165, 1.54) is 7.11 Å². The Morgan fingerprint density at radius 3 is 2.29 bits per heavy atom. The van der Waals surface area contributed by atoms with Crippen LogP contribution in [0, 0.1) is 0 Å². The average Bonchev–Trinajstić information content (AvgIpc) is 2.53. The minimum Gasteiger partial charge on any atom is -0.465 e. The van der Waals surface area contributed by atoms with E-state index >= 15 is 0 Å². The minimum absolute atomic E-state index is 0.0288. The summed E-state index contributed by atoms with van der Waals surface area (Å²) in [6.45, 7) is 4.97. The van der Waals surface area contributed by atoms with E-state index in [1.807, 2.05) is 0 Å². The number of hydrogen-bond acceptors (Lipinski definition) is 4. The second-order valence-corrected chi connectivity index (χ2v) is 4.86. The Bertz CT molecular complexity index is 453. The van der Waals surface area contributed by atoms with Crippen molar-refractivity contribution in [1.82, 2.24) is 10.6 Å².